The largest absolute Gasteiger partial charge is 0.395 e. The summed E-state index contributed by atoms with van der Waals surface area (Å²) < 4.78 is 23.1. The Hall–Kier alpha value is -0.0900. The van der Waals surface area contributed by atoms with Crippen LogP contribution in [0.15, 0.2) is 0 Å². The van der Waals surface area contributed by atoms with Crippen LogP contribution in [0.1, 0.15) is 32.6 Å². The second-order valence-electron chi connectivity index (χ2n) is 4.58. The van der Waals surface area contributed by atoms with Crippen molar-refractivity contribution in [1.82, 2.24) is 0 Å². The first kappa shape index (κ1) is 9.46. The van der Waals surface area contributed by atoms with Gasteiger partial charge >= 0.3 is 0 Å². The van der Waals surface area contributed by atoms with Crippen LogP contribution in [-0.2, 0) is 9.84 Å². The van der Waals surface area contributed by atoms with Crippen molar-refractivity contribution in [2.75, 3.05) is 6.61 Å². The van der Waals surface area contributed by atoms with E-state index in [9.17, 15) is 8.42 Å². The molecule has 0 saturated heterocycles. The lowest BCUT2D eigenvalue weighted by molar-refractivity contribution is 0.276. The minimum Gasteiger partial charge on any atom is -0.395 e. The van der Waals surface area contributed by atoms with Crippen molar-refractivity contribution in [1.29, 1.82) is 0 Å². The molecule has 0 atom stereocenters. The normalized spacial score (nSPS) is 36.8. The fourth-order valence-electron chi connectivity index (χ4n) is 2.11. The lowest BCUT2D eigenvalue weighted by atomic mass is 9.87. The maximum absolute atomic E-state index is 11.9. The van der Waals surface area contributed by atoms with Gasteiger partial charge in [0.1, 0.15) is 0 Å². The van der Waals surface area contributed by atoms with Crippen LogP contribution in [0.25, 0.3) is 0 Å². The van der Waals surface area contributed by atoms with E-state index in [1.54, 1.807) is 0 Å². The van der Waals surface area contributed by atoms with Gasteiger partial charge in [0, 0.05) is 0 Å². The summed E-state index contributed by atoms with van der Waals surface area (Å²) in [6.45, 7) is 1.89. The summed E-state index contributed by atoms with van der Waals surface area (Å²) in [5.41, 5.74) is 0. The van der Waals surface area contributed by atoms with Gasteiger partial charge in [-0.25, -0.2) is 8.42 Å². The number of aliphatic hydroxyl groups excluding tert-OH is 1. The molecule has 3 nitrogen and oxygen atoms in total. The lowest BCUT2D eigenvalue weighted by Crippen LogP contribution is -2.43. The first-order chi connectivity index (χ1) is 6.02. The van der Waals surface area contributed by atoms with Crippen LogP contribution in [-0.4, -0.2) is 30.1 Å². The maximum atomic E-state index is 11.9. The quantitative estimate of drug-likeness (QED) is 0.737. The van der Waals surface area contributed by atoms with Crippen LogP contribution >= 0.6 is 0 Å². The highest BCUT2D eigenvalue weighted by Crippen LogP contribution is 2.49. The van der Waals surface area contributed by atoms with E-state index in [0.29, 0.717) is 18.8 Å². The molecule has 0 aliphatic heterocycles. The van der Waals surface area contributed by atoms with Gasteiger partial charge in [-0.05, 0) is 31.6 Å². The fraction of sp³-hybridized carbons (Fsp3) is 1.00. The molecule has 1 N–H and O–H groups in total. The molecule has 2 rings (SSSR count). The molecule has 0 heterocycles. The molecule has 2 fully saturated rings. The molecule has 0 aromatic rings. The van der Waals surface area contributed by atoms with Gasteiger partial charge in [0.05, 0.1) is 16.6 Å². The third kappa shape index (κ3) is 1.22. The van der Waals surface area contributed by atoms with Crippen molar-refractivity contribution in [2.24, 2.45) is 5.92 Å². The van der Waals surface area contributed by atoms with Gasteiger partial charge in [-0.15, -0.1) is 0 Å². The number of rotatable bonds is 3. The third-order valence-electron chi connectivity index (χ3n) is 3.47. The summed E-state index contributed by atoms with van der Waals surface area (Å²) in [4.78, 5) is 0. The van der Waals surface area contributed by atoms with E-state index in [-0.39, 0.29) is 11.9 Å². The molecular weight excluding hydrogens is 188 g/mol. The van der Waals surface area contributed by atoms with E-state index in [1.165, 1.54) is 0 Å². The Morgan fingerprint density at radius 3 is 2.23 bits per heavy atom. The Morgan fingerprint density at radius 2 is 1.92 bits per heavy atom. The molecule has 2 aliphatic carbocycles. The molecule has 0 radical (unpaired) electrons. The van der Waals surface area contributed by atoms with Gasteiger partial charge in [0.2, 0.25) is 0 Å². The summed E-state index contributed by atoms with van der Waals surface area (Å²) in [6.07, 6.45) is 2.92. The minimum atomic E-state index is -3.02. The summed E-state index contributed by atoms with van der Waals surface area (Å²) in [5.74, 6) is 0.550. The Balaban J connectivity index is 2.13. The van der Waals surface area contributed by atoms with Crippen LogP contribution in [0.2, 0.25) is 0 Å². The third-order valence-corrected chi connectivity index (χ3v) is 6.48. The van der Waals surface area contributed by atoms with Gasteiger partial charge in [0.25, 0.3) is 0 Å². The van der Waals surface area contributed by atoms with Crippen LogP contribution < -0.4 is 0 Å². The van der Waals surface area contributed by atoms with Crippen molar-refractivity contribution in [3.63, 3.8) is 0 Å². The average Bonchev–Trinajstić information content (AvgIpc) is 2.78. The Labute approximate surface area is 79.1 Å². The van der Waals surface area contributed by atoms with Crippen LogP contribution in [0.4, 0.5) is 0 Å². The van der Waals surface area contributed by atoms with Gasteiger partial charge in [-0.3, -0.25) is 0 Å². The highest BCUT2D eigenvalue weighted by molar-refractivity contribution is 7.93. The summed E-state index contributed by atoms with van der Waals surface area (Å²) >= 11 is 0. The molecular formula is C9H16O3S. The standard InChI is InChI=1S/C9H16O3S/c1-7-4-8(5-7)13(11,12)9(6-10)2-3-9/h7-8,10H,2-6H2,1H3. The van der Waals surface area contributed by atoms with E-state index in [1.807, 2.05) is 0 Å². The molecule has 76 valence electrons. The van der Waals surface area contributed by atoms with Crippen molar-refractivity contribution < 1.29 is 13.5 Å². The molecule has 0 unspecified atom stereocenters. The van der Waals surface area contributed by atoms with Crippen molar-refractivity contribution >= 4 is 9.84 Å². The number of sulfone groups is 1. The zero-order valence-electron chi connectivity index (χ0n) is 7.86. The zero-order chi connectivity index (χ0) is 9.69. The van der Waals surface area contributed by atoms with Gasteiger partial charge in [0.15, 0.2) is 9.84 Å². The van der Waals surface area contributed by atoms with Gasteiger partial charge < -0.3 is 5.11 Å². The second-order valence-corrected chi connectivity index (χ2v) is 7.21. The smallest absolute Gasteiger partial charge is 0.161 e. The molecule has 0 aromatic heterocycles. The van der Waals surface area contributed by atoms with Gasteiger partial charge in [-0.1, -0.05) is 6.92 Å². The maximum Gasteiger partial charge on any atom is 0.161 e. The molecule has 2 aliphatic rings. The van der Waals surface area contributed by atoms with E-state index in [0.717, 1.165) is 12.8 Å². The van der Waals surface area contributed by atoms with Crippen molar-refractivity contribution in [2.45, 2.75) is 42.6 Å². The Bertz CT molecular complexity index is 297. The first-order valence-corrected chi connectivity index (χ1v) is 6.41. The highest BCUT2D eigenvalue weighted by atomic mass is 32.2. The molecule has 0 amide bonds. The van der Waals surface area contributed by atoms with E-state index >= 15 is 0 Å². The Kier molecular flexibility index (Phi) is 1.97. The van der Waals surface area contributed by atoms with E-state index in [4.69, 9.17) is 5.11 Å². The number of aliphatic hydroxyl groups is 1. The van der Waals surface area contributed by atoms with Crippen molar-refractivity contribution in [3.05, 3.63) is 0 Å². The fourth-order valence-corrected chi connectivity index (χ4v) is 4.83. The zero-order valence-corrected chi connectivity index (χ0v) is 8.68. The molecule has 0 aromatic carbocycles. The minimum absolute atomic E-state index is 0.155. The molecule has 0 bridgehead atoms. The number of hydrogen-bond acceptors (Lipinski definition) is 3. The van der Waals surface area contributed by atoms with Crippen LogP contribution in [0.5, 0.6) is 0 Å². The Morgan fingerprint density at radius 1 is 1.38 bits per heavy atom. The van der Waals surface area contributed by atoms with E-state index in [2.05, 4.69) is 6.92 Å². The van der Waals surface area contributed by atoms with Crippen molar-refractivity contribution in [3.8, 4) is 0 Å². The molecule has 0 spiro atoms. The summed E-state index contributed by atoms with van der Waals surface area (Å²) in [7, 11) is -3.02. The predicted molar refractivity (Wildman–Crippen MR) is 50.2 cm³/mol. The molecule has 4 heteroatoms. The average molecular weight is 204 g/mol. The monoisotopic (exact) mass is 204 g/mol. The predicted octanol–water partition coefficient (Wildman–Crippen LogP) is 0.725. The molecule has 2 saturated carbocycles. The van der Waals surface area contributed by atoms with Gasteiger partial charge in [-0.2, -0.15) is 0 Å². The van der Waals surface area contributed by atoms with E-state index < -0.39 is 14.6 Å². The summed E-state index contributed by atoms with van der Waals surface area (Å²) in [5, 5.41) is 8.89. The SMILES string of the molecule is CC1CC(S(=O)(=O)C2(CO)CC2)C1. The van der Waals surface area contributed by atoms with Crippen LogP contribution in [0.3, 0.4) is 0 Å². The second kappa shape index (κ2) is 2.70. The lowest BCUT2D eigenvalue weighted by Gasteiger charge is -2.34. The van der Waals surface area contributed by atoms with Crippen LogP contribution in [0, 0.1) is 5.92 Å². The first-order valence-electron chi connectivity index (χ1n) is 4.86. The topological polar surface area (TPSA) is 54.4 Å². The highest BCUT2D eigenvalue weighted by Gasteiger charge is 2.58. The molecule has 13 heavy (non-hydrogen) atoms. The summed E-state index contributed by atoms with van der Waals surface area (Å²) in [6, 6.07) is 0. The number of hydrogen-bond donors (Lipinski definition) is 1.